The molecule has 1 amide bonds. The number of aryl methyl sites for hydroxylation is 1. The first kappa shape index (κ1) is 13.3. The van der Waals surface area contributed by atoms with Gasteiger partial charge in [-0.3, -0.25) is 19.5 Å². The molecule has 0 fully saturated rings. The highest BCUT2D eigenvalue weighted by atomic mass is 16.1. The normalized spacial score (nSPS) is 11.0. The molecule has 7 nitrogen and oxygen atoms in total. The van der Waals surface area contributed by atoms with Gasteiger partial charge in [-0.05, 0) is 37.3 Å². The van der Waals surface area contributed by atoms with Crippen LogP contribution in [0.5, 0.6) is 0 Å². The molecule has 7 heteroatoms. The SMILES string of the molecule is Cc1ccn2c(NC(=O)c3ccc4ncccc4c3)nnc2n1. The number of carbonyl (C=O) groups is 1. The van der Waals surface area contributed by atoms with Crippen LogP contribution in [0.15, 0.2) is 48.8 Å². The summed E-state index contributed by atoms with van der Waals surface area (Å²) in [4.78, 5) is 20.9. The second-order valence-corrected chi connectivity index (χ2v) is 5.13. The molecule has 4 rings (SSSR count). The van der Waals surface area contributed by atoms with E-state index in [-0.39, 0.29) is 5.91 Å². The van der Waals surface area contributed by atoms with Crippen molar-refractivity contribution in [3.05, 3.63) is 60.0 Å². The molecule has 3 heterocycles. The summed E-state index contributed by atoms with van der Waals surface area (Å²) in [6.45, 7) is 1.87. The number of fused-ring (bicyclic) bond motifs is 2. The number of amides is 1. The van der Waals surface area contributed by atoms with E-state index in [1.165, 1.54) is 0 Å². The molecule has 0 aliphatic rings. The number of anilines is 1. The highest BCUT2D eigenvalue weighted by Crippen LogP contribution is 2.15. The van der Waals surface area contributed by atoms with E-state index < -0.39 is 0 Å². The van der Waals surface area contributed by atoms with Crippen molar-refractivity contribution in [2.24, 2.45) is 0 Å². The van der Waals surface area contributed by atoms with Crippen LogP contribution in [-0.2, 0) is 0 Å². The zero-order valence-corrected chi connectivity index (χ0v) is 12.3. The maximum absolute atomic E-state index is 12.4. The topological polar surface area (TPSA) is 85.1 Å². The fourth-order valence-electron chi connectivity index (χ4n) is 2.35. The Hall–Kier alpha value is -3.35. The molecule has 23 heavy (non-hydrogen) atoms. The number of nitrogens with zero attached hydrogens (tertiary/aromatic N) is 5. The van der Waals surface area contributed by atoms with Gasteiger partial charge in [0.2, 0.25) is 5.95 Å². The van der Waals surface area contributed by atoms with Crippen molar-refractivity contribution in [3.63, 3.8) is 0 Å². The van der Waals surface area contributed by atoms with E-state index in [1.54, 1.807) is 28.9 Å². The number of carbonyl (C=O) groups excluding carboxylic acids is 1. The Labute approximate surface area is 131 Å². The average Bonchev–Trinajstić information content (AvgIpc) is 2.96. The Balaban J connectivity index is 1.67. The molecule has 0 aliphatic heterocycles. The van der Waals surface area contributed by atoms with Crippen molar-refractivity contribution in [1.82, 2.24) is 24.6 Å². The fraction of sp³-hybridized carbons (Fsp3) is 0.0625. The van der Waals surface area contributed by atoms with Crippen LogP contribution in [0, 0.1) is 6.92 Å². The van der Waals surface area contributed by atoms with Crippen LogP contribution < -0.4 is 5.32 Å². The number of aromatic nitrogens is 5. The number of nitrogens with one attached hydrogen (secondary N) is 1. The van der Waals surface area contributed by atoms with Gasteiger partial charge in [0, 0.05) is 29.0 Å². The first-order chi connectivity index (χ1) is 11.2. The zero-order chi connectivity index (χ0) is 15.8. The van der Waals surface area contributed by atoms with Crippen molar-refractivity contribution in [1.29, 1.82) is 0 Å². The smallest absolute Gasteiger partial charge is 0.258 e. The quantitative estimate of drug-likeness (QED) is 0.614. The maximum atomic E-state index is 12.4. The van der Waals surface area contributed by atoms with Gasteiger partial charge in [-0.1, -0.05) is 6.07 Å². The summed E-state index contributed by atoms with van der Waals surface area (Å²) < 4.78 is 1.63. The minimum absolute atomic E-state index is 0.259. The molecular formula is C16H12N6O. The number of benzene rings is 1. The van der Waals surface area contributed by atoms with E-state index in [0.29, 0.717) is 17.3 Å². The highest BCUT2D eigenvalue weighted by molar-refractivity contribution is 6.05. The first-order valence-electron chi connectivity index (χ1n) is 7.05. The van der Waals surface area contributed by atoms with Crippen molar-refractivity contribution in [2.45, 2.75) is 6.92 Å². The number of pyridine rings is 1. The van der Waals surface area contributed by atoms with Crippen LogP contribution in [0.25, 0.3) is 16.7 Å². The van der Waals surface area contributed by atoms with Gasteiger partial charge >= 0.3 is 0 Å². The van der Waals surface area contributed by atoms with Gasteiger partial charge in [0.1, 0.15) is 0 Å². The van der Waals surface area contributed by atoms with Crippen LogP contribution >= 0.6 is 0 Å². The van der Waals surface area contributed by atoms with Crippen molar-refractivity contribution < 1.29 is 4.79 Å². The van der Waals surface area contributed by atoms with E-state index in [0.717, 1.165) is 16.6 Å². The van der Waals surface area contributed by atoms with E-state index in [2.05, 4.69) is 25.5 Å². The molecule has 0 radical (unpaired) electrons. The summed E-state index contributed by atoms with van der Waals surface area (Å²) in [6.07, 6.45) is 3.50. The molecule has 0 saturated heterocycles. The third-order valence-corrected chi connectivity index (χ3v) is 3.51. The maximum Gasteiger partial charge on any atom is 0.258 e. The molecule has 0 saturated carbocycles. The summed E-state index contributed by atoms with van der Waals surface area (Å²) in [5, 5.41) is 11.6. The molecule has 112 valence electrons. The first-order valence-corrected chi connectivity index (χ1v) is 7.05. The fourth-order valence-corrected chi connectivity index (χ4v) is 2.35. The van der Waals surface area contributed by atoms with E-state index in [4.69, 9.17) is 0 Å². The van der Waals surface area contributed by atoms with Crippen LogP contribution in [-0.4, -0.2) is 30.5 Å². The zero-order valence-electron chi connectivity index (χ0n) is 12.3. The predicted octanol–water partition coefficient (Wildman–Crippen LogP) is 2.23. The van der Waals surface area contributed by atoms with Gasteiger partial charge in [-0.15, -0.1) is 10.2 Å². The molecule has 0 bridgehead atoms. The lowest BCUT2D eigenvalue weighted by Gasteiger charge is -2.04. The molecule has 1 N–H and O–H groups in total. The number of rotatable bonds is 2. The van der Waals surface area contributed by atoms with Gasteiger partial charge in [0.05, 0.1) is 5.52 Å². The number of hydrogen-bond acceptors (Lipinski definition) is 5. The largest absolute Gasteiger partial charge is 0.290 e. The molecule has 0 aliphatic carbocycles. The Morgan fingerprint density at radius 1 is 1.17 bits per heavy atom. The average molecular weight is 304 g/mol. The van der Waals surface area contributed by atoms with Crippen LogP contribution in [0.1, 0.15) is 16.1 Å². The van der Waals surface area contributed by atoms with Crippen LogP contribution in [0.4, 0.5) is 5.95 Å². The van der Waals surface area contributed by atoms with Crippen LogP contribution in [0.3, 0.4) is 0 Å². The molecule has 1 aromatic carbocycles. The van der Waals surface area contributed by atoms with Gasteiger partial charge < -0.3 is 0 Å². The van der Waals surface area contributed by atoms with Crippen molar-refractivity contribution in [2.75, 3.05) is 5.32 Å². The summed E-state index contributed by atoms with van der Waals surface area (Å²) in [6, 6.07) is 10.9. The second kappa shape index (κ2) is 5.13. The Morgan fingerprint density at radius 3 is 3.00 bits per heavy atom. The summed E-state index contributed by atoms with van der Waals surface area (Å²) >= 11 is 0. The van der Waals surface area contributed by atoms with Crippen LogP contribution in [0.2, 0.25) is 0 Å². The predicted molar refractivity (Wildman–Crippen MR) is 85.2 cm³/mol. The second-order valence-electron chi connectivity index (χ2n) is 5.13. The highest BCUT2D eigenvalue weighted by Gasteiger charge is 2.12. The Morgan fingerprint density at radius 2 is 2.09 bits per heavy atom. The Kier molecular flexibility index (Phi) is 2.97. The number of hydrogen-bond donors (Lipinski definition) is 1. The minimum Gasteiger partial charge on any atom is -0.290 e. The Bertz CT molecular complexity index is 1040. The van der Waals surface area contributed by atoms with E-state index in [1.807, 2.05) is 31.2 Å². The lowest BCUT2D eigenvalue weighted by Crippen LogP contribution is -2.14. The van der Waals surface area contributed by atoms with Gasteiger partial charge in [-0.25, -0.2) is 4.98 Å². The van der Waals surface area contributed by atoms with E-state index in [9.17, 15) is 4.79 Å². The standard InChI is InChI=1S/C16H12N6O/c1-10-6-8-22-15(18-10)20-21-16(22)19-14(23)12-4-5-13-11(9-12)3-2-7-17-13/h2-9H,1H3,(H,19,21,23). The summed E-state index contributed by atoms with van der Waals surface area (Å²) in [7, 11) is 0. The van der Waals surface area contributed by atoms with E-state index >= 15 is 0 Å². The lowest BCUT2D eigenvalue weighted by atomic mass is 10.1. The van der Waals surface area contributed by atoms with Gasteiger partial charge in [0.15, 0.2) is 0 Å². The van der Waals surface area contributed by atoms with Crippen molar-refractivity contribution >= 4 is 28.5 Å². The molecule has 3 aromatic heterocycles. The molecule has 0 atom stereocenters. The third kappa shape index (κ3) is 2.38. The molecule has 0 spiro atoms. The monoisotopic (exact) mass is 304 g/mol. The van der Waals surface area contributed by atoms with Gasteiger partial charge in [0.25, 0.3) is 11.7 Å². The summed E-state index contributed by atoms with van der Waals surface area (Å²) in [5.74, 6) is 0.525. The lowest BCUT2D eigenvalue weighted by molar-refractivity contribution is 0.102. The molecule has 4 aromatic rings. The van der Waals surface area contributed by atoms with Gasteiger partial charge in [-0.2, -0.15) is 0 Å². The minimum atomic E-state index is -0.259. The van der Waals surface area contributed by atoms with Crippen molar-refractivity contribution in [3.8, 4) is 0 Å². The molecular weight excluding hydrogens is 292 g/mol. The molecule has 0 unspecified atom stereocenters. The third-order valence-electron chi connectivity index (χ3n) is 3.51. The summed E-state index contributed by atoms with van der Waals surface area (Å²) in [5.41, 5.74) is 2.21.